The summed E-state index contributed by atoms with van der Waals surface area (Å²) in [5.74, 6) is 0.147. The van der Waals surface area contributed by atoms with Crippen molar-refractivity contribution in [2.24, 2.45) is 11.8 Å². The molecular weight excluding hydrogens is 242 g/mol. The van der Waals surface area contributed by atoms with Crippen LogP contribution in [-0.4, -0.2) is 24.7 Å². The quantitative estimate of drug-likeness (QED) is 0.758. The molecule has 1 aromatic rings. The molecule has 4 heteroatoms. The highest BCUT2D eigenvalue weighted by Crippen LogP contribution is 2.13. The third kappa shape index (κ3) is 5.75. The Hall–Kier alpha value is -1.55. The monoisotopic (exact) mass is 265 g/mol. The molecule has 0 heterocycles. The molecule has 1 rings (SSSR count). The van der Waals surface area contributed by atoms with E-state index in [1.165, 1.54) is 0 Å². The number of hydrogen-bond donors (Lipinski definition) is 2. The van der Waals surface area contributed by atoms with Gasteiger partial charge in [0.1, 0.15) is 5.75 Å². The molecule has 0 fully saturated rings. The number of ether oxygens (including phenoxy) is 1. The lowest BCUT2D eigenvalue weighted by Crippen LogP contribution is -2.29. The molecule has 1 unspecified atom stereocenters. The predicted molar refractivity (Wildman–Crippen MR) is 75.3 cm³/mol. The van der Waals surface area contributed by atoms with Gasteiger partial charge in [0.25, 0.3) is 0 Å². The second-order valence-corrected chi connectivity index (χ2v) is 5.15. The van der Waals surface area contributed by atoms with Crippen molar-refractivity contribution in [3.63, 3.8) is 0 Å². The number of aliphatic carboxylic acids is 1. The second-order valence-electron chi connectivity index (χ2n) is 5.15. The molecule has 0 saturated carbocycles. The van der Waals surface area contributed by atoms with E-state index in [4.69, 9.17) is 9.84 Å². The van der Waals surface area contributed by atoms with Gasteiger partial charge in [0.2, 0.25) is 0 Å². The lowest BCUT2D eigenvalue weighted by molar-refractivity contribution is -0.142. The Morgan fingerprint density at radius 2 is 2.16 bits per heavy atom. The van der Waals surface area contributed by atoms with E-state index in [0.29, 0.717) is 25.4 Å². The van der Waals surface area contributed by atoms with Gasteiger partial charge in [0.05, 0.1) is 13.0 Å². The van der Waals surface area contributed by atoms with Crippen LogP contribution in [0.3, 0.4) is 0 Å². The highest BCUT2D eigenvalue weighted by Gasteiger charge is 2.18. The minimum atomic E-state index is -0.730. The molecule has 19 heavy (non-hydrogen) atoms. The molecule has 106 valence electrons. The van der Waals surface area contributed by atoms with Crippen LogP contribution in [0.5, 0.6) is 5.75 Å². The number of rotatable bonds is 8. The van der Waals surface area contributed by atoms with Crippen LogP contribution in [0.1, 0.15) is 25.8 Å². The Kier molecular flexibility index (Phi) is 6.36. The molecule has 0 aliphatic carbocycles. The average molecular weight is 265 g/mol. The first-order chi connectivity index (χ1) is 9.02. The van der Waals surface area contributed by atoms with Gasteiger partial charge in [0, 0.05) is 13.1 Å². The summed E-state index contributed by atoms with van der Waals surface area (Å²) in [6.07, 6.45) is 0.695. The summed E-state index contributed by atoms with van der Waals surface area (Å²) in [4.78, 5) is 11.1. The third-order valence-electron chi connectivity index (χ3n) is 2.96. The van der Waals surface area contributed by atoms with Crippen molar-refractivity contribution in [3.8, 4) is 5.75 Å². The number of hydrogen-bond acceptors (Lipinski definition) is 3. The molecule has 0 aliphatic heterocycles. The maximum atomic E-state index is 11.1. The molecule has 1 aromatic carbocycles. The first-order valence-electron chi connectivity index (χ1n) is 6.59. The SMILES string of the molecule is COc1cccc(CNCC(CC(C)C)C(=O)O)c1. The van der Waals surface area contributed by atoms with E-state index in [9.17, 15) is 4.79 Å². The first kappa shape index (κ1) is 15.5. The van der Waals surface area contributed by atoms with Crippen LogP contribution in [0.4, 0.5) is 0 Å². The highest BCUT2D eigenvalue weighted by atomic mass is 16.5. The van der Waals surface area contributed by atoms with Crippen molar-refractivity contribution >= 4 is 5.97 Å². The highest BCUT2D eigenvalue weighted by molar-refractivity contribution is 5.70. The smallest absolute Gasteiger partial charge is 0.307 e. The Balaban J connectivity index is 2.44. The van der Waals surface area contributed by atoms with E-state index in [2.05, 4.69) is 5.32 Å². The van der Waals surface area contributed by atoms with Crippen molar-refractivity contribution in [3.05, 3.63) is 29.8 Å². The summed E-state index contributed by atoms with van der Waals surface area (Å²) in [7, 11) is 1.63. The molecule has 2 N–H and O–H groups in total. The topological polar surface area (TPSA) is 58.6 Å². The molecule has 1 atom stereocenters. The van der Waals surface area contributed by atoms with Crippen LogP contribution < -0.4 is 10.1 Å². The Morgan fingerprint density at radius 3 is 2.74 bits per heavy atom. The molecule has 0 amide bonds. The number of carbonyl (C=O) groups is 1. The fourth-order valence-corrected chi connectivity index (χ4v) is 2.01. The van der Waals surface area contributed by atoms with Crippen LogP contribution in [0.2, 0.25) is 0 Å². The molecule has 0 radical (unpaired) electrons. The number of carboxylic acids is 1. The van der Waals surface area contributed by atoms with E-state index in [-0.39, 0.29) is 5.92 Å². The fraction of sp³-hybridized carbons (Fsp3) is 0.533. The summed E-state index contributed by atoms with van der Waals surface area (Å²) in [5, 5.41) is 12.3. The summed E-state index contributed by atoms with van der Waals surface area (Å²) < 4.78 is 5.15. The lowest BCUT2D eigenvalue weighted by atomic mass is 9.97. The van der Waals surface area contributed by atoms with Gasteiger partial charge in [0.15, 0.2) is 0 Å². The van der Waals surface area contributed by atoms with E-state index in [1.54, 1.807) is 7.11 Å². The fourth-order valence-electron chi connectivity index (χ4n) is 2.01. The summed E-state index contributed by atoms with van der Waals surface area (Å²) in [6.45, 7) is 5.22. The molecule has 4 nitrogen and oxygen atoms in total. The van der Waals surface area contributed by atoms with Gasteiger partial charge in [-0.2, -0.15) is 0 Å². The second kappa shape index (κ2) is 7.79. The largest absolute Gasteiger partial charge is 0.497 e. The van der Waals surface area contributed by atoms with E-state index in [0.717, 1.165) is 11.3 Å². The number of benzene rings is 1. The predicted octanol–water partition coefficient (Wildman–Crippen LogP) is 2.53. The molecule has 0 saturated heterocycles. The van der Waals surface area contributed by atoms with Crippen molar-refractivity contribution in [2.75, 3.05) is 13.7 Å². The van der Waals surface area contributed by atoms with Crippen molar-refractivity contribution < 1.29 is 14.6 Å². The molecule has 0 bridgehead atoms. The van der Waals surface area contributed by atoms with E-state index >= 15 is 0 Å². The van der Waals surface area contributed by atoms with Crippen LogP contribution in [0, 0.1) is 11.8 Å². The van der Waals surface area contributed by atoms with Crippen LogP contribution in [-0.2, 0) is 11.3 Å². The molecular formula is C15H23NO3. The molecule has 0 spiro atoms. The van der Waals surface area contributed by atoms with Crippen LogP contribution in [0.15, 0.2) is 24.3 Å². The van der Waals surface area contributed by atoms with Crippen LogP contribution in [0.25, 0.3) is 0 Å². The summed E-state index contributed by atoms with van der Waals surface area (Å²) >= 11 is 0. The Labute approximate surface area is 114 Å². The minimum Gasteiger partial charge on any atom is -0.497 e. The van der Waals surface area contributed by atoms with Crippen molar-refractivity contribution in [1.82, 2.24) is 5.32 Å². The van der Waals surface area contributed by atoms with Gasteiger partial charge < -0.3 is 15.2 Å². The number of methoxy groups -OCH3 is 1. The average Bonchev–Trinajstić information content (AvgIpc) is 2.37. The normalized spacial score (nSPS) is 12.4. The first-order valence-corrected chi connectivity index (χ1v) is 6.59. The van der Waals surface area contributed by atoms with Gasteiger partial charge >= 0.3 is 5.97 Å². The Morgan fingerprint density at radius 1 is 1.42 bits per heavy atom. The number of nitrogens with one attached hydrogen (secondary N) is 1. The van der Waals surface area contributed by atoms with Gasteiger partial charge in [-0.25, -0.2) is 0 Å². The minimum absolute atomic E-state index is 0.328. The lowest BCUT2D eigenvalue weighted by Gasteiger charge is -2.15. The van der Waals surface area contributed by atoms with Crippen LogP contribution >= 0.6 is 0 Å². The Bertz CT molecular complexity index is 404. The third-order valence-corrected chi connectivity index (χ3v) is 2.96. The number of carboxylic acid groups (broad SMARTS) is 1. The van der Waals surface area contributed by atoms with Gasteiger partial charge in [-0.15, -0.1) is 0 Å². The van der Waals surface area contributed by atoms with Gasteiger partial charge in [-0.05, 0) is 30.0 Å². The van der Waals surface area contributed by atoms with Crippen molar-refractivity contribution in [1.29, 1.82) is 0 Å². The van der Waals surface area contributed by atoms with Gasteiger partial charge in [-0.3, -0.25) is 4.79 Å². The zero-order valence-corrected chi connectivity index (χ0v) is 11.8. The standard InChI is InChI=1S/C15H23NO3/c1-11(2)7-13(15(17)18)10-16-9-12-5-4-6-14(8-12)19-3/h4-6,8,11,13,16H,7,9-10H2,1-3H3,(H,17,18). The molecule has 0 aliphatic rings. The summed E-state index contributed by atoms with van der Waals surface area (Å²) in [6, 6.07) is 7.76. The maximum absolute atomic E-state index is 11.1. The van der Waals surface area contributed by atoms with E-state index < -0.39 is 5.97 Å². The molecule has 0 aromatic heterocycles. The van der Waals surface area contributed by atoms with Crippen molar-refractivity contribution in [2.45, 2.75) is 26.8 Å². The maximum Gasteiger partial charge on any atom is 0.307 e. The van der Waals surface area contributed by atoms with Gasteiger partial charge in [-0.1, -0.05) is 26.0 Å². The zero-order valence-electron chi connectivity index (χ0n) is 11.8. The van der Waals surface area contributed by atoms with E-state index in [1.807, 2.05) is 38.1 Å². The summed E-state index contributed by atoms with van der Waals surface area (Å²) in [5.41, 5.74) is 1.09. The zero-order chi connectivity index (χ0) is 14.3.